The number of aryl methyl sites for hydroxylation is 1. The van der Waals surface area contributed by atoms with Crippen LogP contribution in [-0.2, 0) is 11.2 Å². The van der Waals surface area contributed by atoms with Gasteiger partial charge in [-0.2, -0.15) is 14.6 Å². The summed E-state index contributed by atoms with van der Waals surface area (Å²) < 4.78 is 25.3. The van der Waals surface area contributed by atoms with E-state index in [0.717, 1.165) is 24.8 Å². The number of rotatable bonds is 9. The minimum atomic E-state index is -0.702. The van der Waals surface area contributed by atoms with Crippen molar-refractivity contribution in [3.8, 4) is 24.5 Å². The Balaban J connectivity index is 0.00000129. The van der Waals surface area contributed by atoms with Crippen LogP contribution in [0.1, 0.15) is 72.8 Å². The van der Waals surface area contributed by atoms with Crippen molar-refractivity contribution in [2.75, 3.05) is 30.4 Å². The zero-order valence-electron chi connectivity index (χ0n) is 25.1. The van der Waals surface area contributed by atoms with Crippen LogP contribution in [0.4, 0.5) is 16.2 Å². The van der Waals surface area contributed by atoms with Crippen molar-refractivity contribution in [1.82, 2.24) is 19.9 Å². The number of piperidine rings is 1. The smallest absolute Gasteiger partial charge is 0.256 e. The van der Waals surface area contributed by atoms with Gasteiger partial charge in [-0.3, -0.25) is 0 Å². The van der Waals surface area contributed by atoms with Crippen LogP contribution in [0.3, 0.4) is 0 Å². The van der Waals surface area contributed by atoms with Gasteiger partial charge in [-0.15, -0.1) is 0 Å². The van der Waals surface area contributed by atoms with Crippen molar-refractivity contribution in [2.24, 2.45) is 0 Å². The molecule has 2 aromatic rings. The fraction of sp³-hybridized carbons (Fsp3) is 0.500. The molecule has 0 amide bonds. The first-order valence-electron chi connectivity index (χ1n) is 13.6. The molecule has 222 valence electrons. The first kappa shape index (κ1) is 35.1. The second kappa shape index (κ2) is 18.5. The van der Waals surface area contributed by atoms with Gasteiger partial charge in [0.25, 0.3) is 5.88 Å². The molecular formula is C30H41ClFN7O2. The maximum absolute atomic E-state index is 15.1. The van der Waals surface area contributed by atoms with Crippen LogP contribution in [0.2, 0.25) is 0 Å². The summed E-state index contributed by atoms with van der Waals surface area (Å²) in [5.41, 5.74) is 1.43. The third-order valence-electron chi connectivity index (χ3n) is 6.02. The van der Waals surface area contributed by atoms with E-state index in [1.165, 1.54) is 19.5 Å². The Morgan fingerprint density at radius 1 is 1.22 bits per heavy atom. The van der Waals surface area contributed by atoms with E-state index < -0.39 is 11.4 Å². The second-order valence-electron chi connectivity index (χ2n) is 9.23. The molecular weight excluding hydrogens is 545 g/mol. The zero-order valence-corrected chi connectivity index (χ0v) is 25.8. The highest BCUT2D eigenvalue weighted by Gasteiger charge is 2.34. The molecule has 1 N–H and O–H groups in total. The van der Waals surface area contributed by atoms with Gasteiger partial charge in [0.05, 0.1) is 18.2 Å². The molecule has 0 spiro atoms. The number of nitriles is 1. The maximum Gasteiger partial charge on any atom is 0.256 e. The van der Waals surface area contributed by atoms with Crippen LogP contribution in [0.5, 0.6) is 5.88 Å². The molecule has 3 heterocycles. The molecule has 0 atom stereocenters. The lowest BCUT2D eigenvalue weighted by Gasteiger charge is -2.39. The van der Waals surface area contributed by atoms with E-state index in [-0.39, 0.29) is 16.7 Å². The number of unbranched alkanes of at least 4 members (excludes halogenated alkanes) is 1. The standard InChI is InChI=1S/C25H31ClFN7O.C3H4O.C2H6/c1-5-6-7-19-14-29-24(30-15-19)34-10-8-25(4,9-11-34)35-23-21(27)22(31-16-32-23)33-18(3)20(26)12-17(2)13-28;1-3-4-2;1-2/h12,14-16H,5-11H2,1-4H3,(H,31,32,33);1H,2H3;1-2H3/b17-12+,20-18-;;. The van der Waals surface area contributed by atoms with Gasteiger partial charge in [-0.25, -0.2) is 15.0 Å². The first-order valence-corrected chi connectivity index (χ1v) is 14.0. The molecule has 11 heteroatoms. The third-order valence-corrected chi connectivity index (χ3v) is 6.41. The quantitative estimate of drug-likeness (QED) is 0.193. The fourth-order valence-corrected chi connectivity index (χ4v) is 3.83. The van der Waals surface area contributed by atoms with Crippen LogP contribution in [0, 0.1) is 29.7 Å². The van der Waals surface area contributed by atoms with Crippen LogP contribution < -0.4 is 15.0 Å². The molecule has 1 aliphatic heterocycles. The second-order valence-corrected chi connectivity index (χ2v) is 9.64. The Hall–Kier alpha value is -3.89. The summed E-state index contributed by atoms with van der Waals surface area (Å²) in [7, 11) is 1.44. The van der Waals surface area contributed by atoms with Crippen LogP contribution in [0.25, 0.3) is 0 Å². The Morgan fingerprint density at radius 3 is 2.37 bits per heavy atom. The van der Waals surface area contributed by atoms with E-state index in [9.17, 15) is 0 Å². The predicted molar refractivity (Wildman–Crippen MR) is 162 cm³/mol. The Kier molecular flexibility index (Phi) is 15.8. The topological polar surface area (TPSA) is 109 Å². The molecule has 9 nitrogen and oxygen atoms in total. The average Bonchev–Trinajstić information content (AvgIpc) is 2.99. The monoisotopic (exact) mass is 585 g/mol. The molecule has 1 saturated heterocycles. The van der Waals surface area contributed by atoms with E-state index in [1.54, 1.807) is 13.8 Å². The molecule has 1 aliphatic rings. The van der Waals surface area contributed by atoms with Gasteiger partial charge in [0.2, 0.25) is 11.8 Å². The Morgan fingerprint density at radius 2 is 1.83 bits per heavy atom. The van der Waals surface area contributed by atoms with Crippen molar-refractivity contribution in [1.29, 1.82) is 5.26 Å². The Labute approximate surface area is 248 Å². The highest BCUT2D eigenvalue weighted by atomic mass is 35.5. The summed E-state index contributed by atoms with van der Waals surface area (Å²) in [5, 5.41) is 12.0. The lowest BCUT2D eigenvalue weighted by molar-refractivity contribution is 0.0521. The summed E-state index contributed by atoms with van der Waals surface area (Å²) in [5.74, 6) is -0.173. The van der Waals surface area contributed by atoms with E-state index in [2.05, 4.69) is 48.2 Å². The molecule has 0 bridgehead atoms. The van der Waals surface area contributed by atoms with E-state index in [1.807, 2.05) is 45.3 Å². The molecule has 41 heavy (non-hydrogen) atoms. The van der Waals surface area contributed by atoms with Gasteiger partial charge >= 0.3 is 0 Å². The SMILES string of the molecule is C#COC.CC.CCCCc1cnc(N2CCC(C)(Oc3ncnc(N/C(C)=C(Cl)/C=C(\C)C#N)c3F)CC2)nc1. The summed E-state index contributed by atoms with van der Waals surface area (Å²) in [6.07, 6.45) is 17.6. The number of hydrogen-bond donors (Lipinski definition) is 1. The van der Waals surface area contributed by atoms with Crippen molar-refractivity contribution in [2.45, 2.75) is 79.2 Å². The lowest BCUT2D eigenvalue weighted by Crippen LogP contribution is -2.46. The number of aromatic nitrogens is 4. The molecule has 0 aromatic carbocycles. The zero-order chi connectivity index (χ0) is 30.8. The number of ether oxygens (including phenoxy) is 2. The normalized spacial score (nSPS) is 14.5. The van der Waals surface area contributed by atoms with Gasteiger partial charge < -0.3 is 19.7 Å². The molecule has 3 rings (SSSR count). The molecule has 0 radical (unpaired) electrons. The lowest BCUT2D eigenvalue weighted by atomic mass is 9.93. The minimum absolute atomic E-state index is 0.0498. The van der Waals surface area contributed by atoms with E-state index in [0.29, 0.717) is 43.1 Å². The number of halogens is 2. The largest absolute Gasteiger partial charge is 0.469 e. The van der Waals surface area contributed by atoms with Crippen LogP contribution in [0.15, 0.2) is 41.1 Å². The van der Waals surface area contributed by atoms with Crippen molar-refractivity contribution in [3.63, 3.8) is 0 Å². The molecule has 0 saturated carbocycles. The predicted octanol–water partition coefficient (Wildman–Crippen LogP) is 6.79. The number of terminal acetylenes is 1. The summed E-state index contributed by atoms with van der Waals surface area (Å²) in [4.78, 5) is 19.2. The van der Waals surface area contributed by atoms with Crippen molar-refractivity contribution >= 4 is 23.4 Å². The first-order chi connectivity index (χ1) is 19.7. The highest BCUT2D eigenvalue weighted by molar-refractivity contribution is 6.31. The Bertz CT molecular complexity index is 1230. The number of nitrogens with one attached hydrogen (secondary N) is 1. The van der Waals surface area contributed by atoms with E-state index in [4.69, 9.17) is 21.6 Å². The van der Waals surface area contributed by atoms with Gasteiger partial charge in [-0.05, 0) is 45.3 Å². The maximum atomic E-state index is 15.1. The van der Waals surface area contributed by atoms with E-state index >= 15 is 4.39 Å². The summed E-state index contributed by atoms with van der Waals surface area (Å²) in [6.45, 7) is 12.8. The molecule has 0 unspecified atom stereocenters. The number of nitrogens with zero attached hydrogens (tertiary/aromatic N) is 6. The summed E-state index contributed by atoms with van der Waals surface area (Å²) in [6, 6.07) is 1.99. The number of allylic oxidation sites excluding steroid dienone is 4. The molecule has 1 fully saturated rings. The van der Waals surface area contributed by atoms with Gasteiger partial charge in [0, 0.05) is 49.6 Å². The average molecular weight is 586 g/mol. The molecule has 2 aromatic heterocycles. The highest BCUT2D eigenvalue weighted by Crippen LogP contribution is 2.31. The number of anilines is 2. The van der Waals surface area contributed by atoms with Gasteiger partial charge in [0.15, 0.2) is 5.82 Å². The van der Waals surface area contributed by atoms with Crippen molar-refractivity contribution in [3.05, 3.63) is 52.5 Å². The van der Waals surface area contributed by atoms with Gasteiger partial charge in [0.1, 0.15) is 18.0 Å². The molecule has 0 aliphatic carbocycles. The van der Waals surface area contributed by atoms with Crippen LogP contribution >= 0.6 is 11.6 Å². The number of hydrogen-bond acceptors (Lipinski definition) is 9. The fourth-order valence-electron chi connectivity index (χ4n) is 3.62. The number of methoxy groups -OCH3 is 1. The van der Waals surface area contributed by atoms with Gasteiger partial charge in [-0.1, -0.05) is 45.2 Å². The minimum Gasteiger partial charge on any atom is -0.469 e. The summed E-state index contributed by atoms with van der Waals surface area (Å²) >= 11 is 6.20. The van der Waals surface area contributed by atoms with Crippen LogP contribution in [-0.4, -0.2) is 45.7 Å². The van der Waals surface area contributed by atoms with Crippen molar-refractivity contribution < 1.29 is 13.9 Å². The third kappa shape index (κ3) is 11.6.